The molecule has 0 saturated heterocycles. The fourth-order valence-corrected chi connectivity index (χ4v) is 8.82. The summed E-state index contributed by atoms with van der Waals surface area (Å²) in [5.74, 6) is -1.80. The van der Waals surface area contributed by atoms with Gasteiger partial charge >= 0.3 is 5.97 Å². The monoisotopic (exact) mass is 691 g/mol. The van der Waals surface area contributed by atoms with Gasteiger partial charge in [-0.15, -0.1) is 0 Å². The van der Waals surface area contributed by atoms with Gasteiger partial charge in [0.2, 0.25) is 5.91 Å². The summed E-state index contributed by atoms with van der Waals surface area (Å²) in [7, 11) is 0. The number of benzene rings is 2. The van der Waals surface area contributed by atoms with Crippen molar-refractivity contribution < 1.29 is 33.0 Å². The minimum absolute atomic E-state index is 0.0595. The SMILES string of the molecule is CC(C)(C)OC(=O)CCCNC(=O)[C@@H](N)CCC1C2C1(CC(=O)CO)C2(c1cc(-c2cc(F)ccc2F)cn1Cc1ccccc1)C(C)(C)C. The first-order valence-electron chi connectivity index (χ1n) is 17.5. The number of ether oxygens (including phenoxy) is 1. The first-order chi connectivity index (χ1) is 23.5. The van der Waals surface area contributed by atoms with E-state index in [0.29, 0.717) is 37.9 Å². The standard InChI is InChI=1S/C40H51F2N3O5/c1-37(2,3)40(33-19-26(29-20-27(41)14-16-31(29)42)23-45(33)22-25-11-8-7-9-12-25)35-30(39(35,40)21-28(47)24-46)15-17-32(43)36(49)44-18-10-13-34(48)50-38(4,5)6/h7-9,11-12,14,16,19-20,23,30,32,35,46H,10,13,15,17-18,21-22,24,43H2,1-6H3,(H,44,49)/t30?,32-,35?,39?,40?/m0/s1. The topological polar surface area (TPSA) is 124 Å². The number of Topliss-reactive ketones (excluding diaryl/α,β-unsaturated/α-hetero) is 1. The summed E-state index contributed by atoms with van der Waals surface area (Å²) in [6.07, 6.45) is 3.67. The second-order valence-corrected chi connectivity index (χ2v) is 16.1. The molecule has 5 atom stereocenters. The predicted molar refractivity (Wildman–Crippen MR) is 188 cm³/mol. The first kappa shape index (κ1) is 37.4. The van der Waals surface area contributed by atoms with Crippen molar-refractivity contribution in [3.8, 4) is 11.1 Å². The number of hydrogen-bond donors (Lipinski definition) is 3. The average Bonchev–Trinajstić information content (AvgIpc) is 3.79. The van der Waals surface area contributed by atoms with Crippen LogP contribution in [0.15, 0.2) is 60.8 Å². The average molecular weight is 692 g/mol. The predicted octanol–water partition coefficient (Wildman–Crippen LogP) is 6.31. The number of fused-ring (bicyclic) bond motifs is 1. The maximum atomic E-state index is 15.1. The van der Waals surface area contributed by atoms with Crippen molar-refractivity contribution in [3.05, 3.63) is 83.7 Å². The fourth-order valence-electron chi connectivity index (χ4n) is 8.82. The summed E-state index contributed by atoms with van der Waals surface area (Å²) in [6.45, 7) is 12.0. The lowest BCUT2D eigenvalue weighted by Crippen LogP contribution is -2.44. The molecule has 2 saturated carbocycles. The number of carbonyl (C=O) groups excluding carboxylic acids is 3. The van der Waals surface area contributed by atoms with Crippen molar-refractivity contribution in [2.24, 2.45) is 28.4 Å². The van der Waals surface area contributed by atoms with Crippen LogP contribution in [0.25, 0.3) is 11.1 Å². The van der Waals surface area contributed by atoms with Crippen molar-refractivity contribution in [1.29, 1.82) is 0 Å². The summed E-state index contributed by atoms with van der Waals surface area (Å²) in [5, 5.41) is 12.7. The summed E-state index contributed by atoms with van der Waals surface area (Å²) < 4.78 is 36.9. The molecule has 4 N–H and O–H groups in total. The summed E-state index contributed by atoms with van der Waals surface area (Å²) in [5.41, 5.74) is 7.10. The van der Waals surface area contributed by atoms with Gasteiger partial charge in [0.15, 0.2) is 5.78 Å². The van der Waals surface area contributed by atoms with Gasteiger partial charge in [-0.05, 0) is 92.5 Å². The maximum Gasteiger partial charge on any atom is 0.306 e. The normalized spacial score (nSPS) is 23.2. The van der Waals surface area contributed by atoms with Crippen LogP contribution >= 0.6 is 0 Å². The van der Waals surface area contributed by atoms with Crippen LogP contribution in [0.3, 0.4) is 0 Å². The molecule has 0 bridgehead atoms. The van der Waals surface area contributed by atoms with Gasteiger partial charge in [-0.2, -0.15) is 0 Å². The number of ketones is 1. The molecule has 2 aliphatic carbocycles. The Morgan fingerprint density at radius 2 is 1.74 bits per heavy atom. The molecule has 4 unspecified atom stereocenters. The first-order valence-corrected chi connectivity index (χ1v) is 17.5. The van der Waals surface area contributed by atoms with E-state index in [1.165, 1.54) is 6.07 Å². The molecule has 1 heterocycles. The Morgan fingerprint density at radius 3 is 2.38 bits per heavy atom. The molecule has 2 aromatic carbocycles. The number of rotatable bonds is 15. The van der Waals surface area contributed by atoms with Crippen LogP contribution in [0.4, 0.5) is 8.78 Å². The maximum absolute atomic E-state index is 15.1. The zero-order valence-corrected chi connectivity index (χ0v) is 30.0. The minimum Gasteiger partial charge on any atom is -0.460 e. The highest BCUT2D eigenvalue weighted by atomic mass is 19.1. The van der Waals surface area contributed by atoms with E-state index in [2.05, 4.69) is 30.7 Å². The van der Waals surface area contributed by atoms with Crippen LogP contribution < -0.4 is 11.1 Å². The van der Waals surface area contributed by atoms with Gasteiger partial charge in [0.05, 0.1) is 6.04 Å². The lowest BCUT2D eigenvalue weighted by Gasteiger charge is -2.43. The quantitative estimate of drug-likeness (QED) is 0.127. The molecule has 1 aromatic heterocycles. The van der Waals surface area contributed by atoms with E-state index < -0.39 is 40.7 Å². The van der Waals surface area contributed by atoms with Gasteiger partial charge in [-0.3, -0.25) is 14.4 Å². The molecule has 10 heteroatoms. The Labute approximate surface area is 293 Å². The second kappa shape index (κ2) is 14.0. The van der Waals surface area contributed by atoms with Crippen LogP contribution in [-0.4, -0.2) is 52.1 Å². The molecule has 0 spiro atoms. The Hall–Kier alpha value is -3.89. The van der Waals surface area contributed by atoms with Crippen LogP contribution in [0.5, 0.6) is 0 Å². The van der Waals surface area contributed by atoms with E-state index in [-0.39, 0.29) is 53.3 Å². The van der Waals surface area contributed by atoms with Gasteiger partial charge < -0.3 is 25.5 Å². The molecular formula is C40H51F2N3O5. The van der Waals surface area contributed by atoms with Gasteiger partial charge in [0.1, 0.15) is 23.8 Å². The highest BCUT2D eigenvalue weighted by molar-refractivity contribution is 5.84. The third-order valence-corrected chi connectivity index (χ3v) is 10.6. The summed E-state index contributed by atoms with van der Waals surface area (Å²) in [4.78, 5) is 37.9. The minimum atomic E-state index is -0.768. The molecule has 3 aromatic rings. The largest absolute Gasteiger partial charge is 0.460 e. The smallest absolute Gasteiger partial charge is 0.306 e. The highest BCUT2D eigenvalue weighted by Gasteiger charge is 2.97. The zero-order chi connectivity index (χ0) is 36.6. The van der Waals surface area contributed by atoms with E-state index in [0.717, 1.165) is 23.4 Å². The van der Waals surface area contributed by atoms with E-state index in [1.54, 1.807) is 20.8 Å². The van der Waals surface area contributed by atoms with E-state index in [4.69, 9.17) is 10.5 Å². The second-order valence-electron chi connectivity index (χ2n) is 16.1. The summed E-state index contributed by atoms with van der Waals surface area (Å²) in [6, 6.07) is 14.5. The Kier molecular flexibility index (Phi) is 10.5. The number of aliphatic hydroxyl groups excluding tert-OH is 1. The molecule has 8 nitrogen and oxygen atoms in total. The van der Waals surface area contributed by atoms with Gasteiger partial charge in [0, 0.05) is 54.4 Å². The fraction of sp³-hybridized carbons (Fsp3) is 0.525. The highest BCUT2D eigenvalue weighted by Crippen LogP contribution is 2.97. The van der Waals surface area contributed by atoms with Crippen molar-refractivity contribution in [3.63, 3.8) is 0 Å². The number of amides is 1. The third kappa shape index (κ3) is 7.15. The summed E-state index contributed by atoms with van der Waals surface area (Å²) >= 11 is 0. The number of carbonyl (C=O) groups is 3. The molecule has 5 rings (SSSR count). The van der Waals surface area contributed by atoms with E-state index >= 15 is 4.39 Å². The lowest BCUT2D eigenvalue weighted by molar-refractivity contribution is -0.155. The molecule has 270 valence electrons. The molecule has 2 fully saturated rings. The number of hydrogen-bond acceptors (Lipinski definition) is 6. The molecular weight excluding hydrogens is 640 g/mol. The number of halogens is 2. The number of aliphatic hydroxyl groups is 1. The van der Waals surface area contributed by atoms with Crippen LogP contribution in [0.1, 0.15) is 84.9 Å². The number of nitrogens with zero attached hydrogens (tertiary/aromatic N) is 1. The van der Waals surface area contributed by atoms with Crippen molar-refractivity contribution in [2.45, 2.75) is 97.2 Å². The zero-order valence-electron chi connectivity index (χ0n) is 30.0. The van der Waals surface area contributed by atoms with Gasteiger partial charge in [0.25, 0.3) is 0 Å². The Morgan fingerprint density at radius 1 is 1.04 bits per heavy atom. The lowest BCUT2D eigenvalue weighted by atomic mass is 9.61. The molecule has 1 amide bonds. The van der Waals surface area contributed by atoms with Crippen LogP contribution in [0, 0.1) is 34.3 Å². The molecule has 0 aliphatic heterocycles. The van der Waals surface area contributed by atoms with Gasteiger partial charge in [-0.1, -0.05) is 51.1 Å². The van der Waals surface area contributed by atoms with Crippen LogP contribution in [0.2, 0.25) is 0 Å². The number of aromatic nitrogens is 1. The van der Waals surface area contributed by atoms with Crippen molar-refractivity contribution in [2.75, 3.05) is 13.2 Å². The number of nitrogens with two attached hydrogens (primary N) is 1. The van der Waals surface area contributed by atoms with Crippen LogP contribution in [-0.2, 0) is 31.1 Å². The third-order valence-electron chi connectivity index (χ3n) is 10.6. The number of nitrogens with one attached hydrogen (secondary N) is 1. The Balaban J connectivity index is 1.38. The van der Waals surface area contributed by atoms with Crippen molar-refractivity contribution >= 4 is 17.7 Å². The van der Waals surface area contributed by atoms with E-state index in [1.807, 2.05) is 42.6 Å². The Bertz CT molecular complexity index is 1730. The number of esters is 1. The molecule has 50 heavy (non-hydrogen) atoms. The molecule has 0 radical (unpaired) electrons. The van der Waals surface area contributed by atoms with Crippen molar-refractivity contribution in [1.82, 2.24) is 9.88 Å². The van der Waals surface area contributed by atoms with E-state index in [9.17, 15) is 23.9 Å². The van der Waals surface area contributed by atoms with Gasteiger partial charge in [-0.25, -0.2) is 8.78 Å². The molecule has 2 aliphatic rings.